The molecule has 1 amide bonds. The predicted molar refractivity (Wildman–Crippen MR) is 72.9 cm³/mol. The van der Waals surface area contributed by atoms with Crippen molar-refractivity contribution in [1.82, 2.24) is 10.3 Å². The van der Waals surface area contributed by atoms with E-state index in [1.807, 2.05) is 13.0 Å². The Morgan fingerprint density at radius 1 is 1.53 bits per heavy atom. The van der Waals surface area contributed by atoms with Gasteiger partial charge < -0.3 is 5.32 Å². The van der Waals surface area contributed by atoms with Crippen LogP contribution in [0.5, 0.6) is 0 Å². The van der Waals surface area contributed by atoms with Gasteiger partial charge in [-0.25, -0.2) is 4.98 Å². The van der Waals surface area contributed by atoms with E-state index in [9.17, 15) is 4.79 Å². The Balaban J connectivity index is 2.58. The summed E-state index contributed by atoms with van der Waals surface area (Å²) < 4.78 is 0.730. The van der Waals surface area contributed by atoms with E-state index in [0.29, 0.717) is 11.6 Å². The summed E-state index contributed by atoms with van der Waals surface area (Å²) in [5, 5.41) is 2.97. The van der Waals surface area contributed by atoms with Crippen molar-refractivity contribution in [3.05, 3.63) is 28.5 Å². The zero-order valence-corrected chi connectivity index (χ0v) is 12.1. The minimum Gasteiger partial charge on any atom is -0.348 e. The topological polar surface area (TPSA) is 42.0 Å². The van der Waals surface area contributed by atoms with Crippen LogP contribution in [0.2, 0.25) is 0 Å². The normalized spacial score (nSPS) is 14.1. The van der Waals surface area contributed by atoms with Gasteiger partial charge in [0.1, 0.15) is 5.69 Å². The summed E-state index contributed by atoms with van der Waals surface area (Å²) in [6.45, 7) is 6.38. The second-order valence-electron chi connectivity index (χ2n) is 4.46. The summed E-state index contributed by atoms with van der Waals surface area (Å²) in [4.78, 5) is 16.0. The lowest BCUT2D eigenvalue weighted by atomic mass is 10.0. The molecule has 0 spiro atoms. The lowest BCUT2D eigenvalue weighted by Crippen LogP contribution is -2.34. The summed E-state index contributed by atoms with van der Waals surface area (Å²) in [5.41, 5.74) is 0.448. The highest BCUT2D eigenvalue weighted by molar-refractivity contribution is 9.10. The van der Waals surface area contributed by atoms with Gasteiger partial charge in [-0.3, -0.25) is 4.79 Å². The Kier molecular flexibility index (Phi) is 5.62. The molecule has 0 aromatic carbocycles. The Morgan fingerprint density at radius 2 is 2.24 bits per heavy atom. The average molecular weight is 299 g/mol. The van der Waals surface area contributed by atoms with Crippen LogP contribution in [-0.2, 0) is 0 Å². The SMILES string of the molecule is CCC(C)CC(C)NC(=O)c1ncccc1Br. The molecule has 1 rings (SSSR count). The number of carbonyl (C=O) groups is 1. The van der Waals surface area contributed by atoms with Crippen molar-refractivity contribution in [2.24, 2.45) is 5.92 Å². The maximum Gasteiger partial charge on any atom is 0.271 e. The van der Waals surface area contributed by atoms with Gasteiger partial charge >= 0.3 is 0 Å². The summed E-state index contributed by atoms with van der Waals surface area (Å²) in [7, 11) is 0. The van der Waals surface area contributed by atoms with Crippen molar-refractivity contribution in [2.75, 3.05) is 0 Å². The maximum atomic E-state index is 11.9. The van der Waals surface area contributed by atoms with Crippen molar-refractivity contribution in [3.63, 3.8) is 0 Å². The van der Waals surface area contributed by atoms with Crippen molar-refractivity contribution >= 4 is 21.8 Å². The first-order chi connectivity index (χ1) is 8.04. The number of amides is 1. The van der Waals surface area contributed by atoms with E-state index < -0.39 is 0 Å². The van der Waals surface area contributed by atoms with E-state index in [1.54, 1.807) is 12.3 Å². The monoisotopic (exact) mass is 298 g/mol. The van der Waals surface area contributed by atoms with Gasteiger partial charge in [-0.15, -0.1) is 0 Å². The number of carbonyl (C=O) groups excluding carboxylic acids is 1. The number of nitrogens with zero attached hydrogens (tertiary/aromatic N) is 1. The largest absolute Gasteiger partial charge is 0.348 e. The highest BCUT2D eigenvalue weighted by Gasteiger charge is 2.14. The third kappa shape index (κ3) is 4.46. The van der Waals surface area contributed by atoms with Gasteiger partial charge in [0, 0.05) is 16.7 Å². The van der Waals surface area contributed by atoms with E-state index in [0.717, 1.165) is 17.3 Å². The maximum absolute atomic E-state index is 11.9. The molecule has 0 aliphatic heterocycles. The molecular weight excluding hydrogens is 280 g/mol. The molecule has 17 heavy (non-hydrogen) atoms. The molecule has 1 aromatic heterocycles. The zero-order valence-electron chi connectivity index (χ0n) is 10.5. The van der Waals surface area contributed by atoms with Crippen molar-refractivity contribution < 1.29 is 4.79 Å². The van der Waals surface area contributed by atoms with E-state index in [-0.39, 0.29) is 11.9 Å². The first-order valence-corrected chi connectivity index (χ1v) is 6.75. The lowest BCUT2D eigenvalue weighted by molar-refractivity contribution is 0.0929. The first-order valence-electron chi connectivity index (χ1n) is 5.96. The average Bonchev–Trinajstić information content (AvgIpc) is 2.29. The number of rotatable bonds is 5. The minimum absolute atomic E-state index is 0.117. The fraction of sp³-hybridized carbons (Fsp3) is 0.538. The Labute approximate surface area is 111 Å². The van der Waals surface area contributed by atoms with Gasteiger partial charge in [0.15, 0.2) is 0 Å². The highest BCUT2D eigenvalue weighted by Crippen LogP contribution is 2.14. The van der Waals surface area contributed by atoms with Crippen LogP contribution in [0.4, 0.5) is 0 Å². The first kappa shape index (κ1) is 14.2. The van der Waals surface area contributed by atoms with Gasteiger partial charge in [0.2, 0.25) is 0 Å². The number of halogens is 1. The molecule has 94 valence electrons. The Hall–Kier alpha value is -0.900. The molecule has 0 saturated heterocycles. The number of hydrogen-bond acceptors (Lipinski definition) is 2. The highest BCUT2D eigenvalue weighted by atomic mass is 79.9. The molecule has 0 aliphatic rings. The number of aromatic nitrogens is 1. The van der Waals surface area contributed by atoms with Gasteiger partial charge in [0.05, 0.1) is 0 Å². The van der Waals surface area contributed by atoms with E-state index in [2.05, 4.69) is 40.1 Å². The fourth-order valence-electron chi connectivity index (χ4n) is 1.67. The lowest BCUT2D eigenvalue weighted by Gasteiger charge is -2.17. The number of hydrogen-bond donors (Lipinski definition) is 1. The standard InChI is InChI=1S/C13H19BrN2O/c1-4-9(2)8-10(3)16-13(17)12-11(14)6-5-7-15-12/h5-7,9-10H,4,8H2,1-3H3,(H,16,17). The van der Waals surface area contributed by atoms with Crippen LogP contribution < -0.4 is 5.32 Å². The molecule has 2 atom stereocenters. The molecule has 1 heterocycles. The summed E-state index contributed by atoms with van der Waals surface area (Å²) in [6.07, 6.45) is 3.75. The van der Waals surface area contributed by atoms with Crippen molar-refractivity contribution in [3.8, 4) is 0 Å². The third-order valence-corrected chi connectivity index (χ3v) is 3.44. The van der Waals surface area contributed by atoms with Crippen LogP contribution in [0.3, 0.4) is 0 Å². The molecule has 0 bridgehead atoms. The quantitative estimate of drug-likeness (QED) is 0.905. The fourth-order valence-corrected chi connectivity index (χ4v) is 2.11. The molecule has 2 unspecified atom stereocenters. The second-order valence-corrected chi connectivity index (χ2v) is 5.31. The molecule has 0 aliphatic carbocycles. The predicted octanol–water partition coefficient (Wildman–Crippen LogP) is 3.40. The second kappa shape index (κ2) is 6.74. The Bertz CT molecular complexity index is 381. The summed E-state index contributed by atoms with van der Waals surface area (Å²) in [5.74, 6) is 0.505. The minimum atomic E-state index is -0.117. The van der Waals surface area contributed by atoms with E-state index in [4.69, 9.17) is 0 Å². The molecule has 0 fully saturated rings. The molecule has 0 radical (unpaired) electrons. The van der Waals surface area contributed by atoms with Crippen LogP contribution in [0.25, 0.3) is 0 Å². The molecular formula is C13H19BrN2O. The van der Waals surface area contributed by atoms with Crippen LogP contribution in [0.15, 0.2) is 22.8 Å². The summed E-state index contributed by atoms with van der Waals surface area (Å²) in [6, 6.07) is 3.79. The van der Waals surface area contributed by atoms with Gasteiger partial charge in [-0.2, -0.15) is 0 Å². The van der Waals surface area contributed by atoms with E-state index in [1.165, 1.54) is 0 Å². The van der Waals surface area contributed by atoms with Crippen molar-refractivity contribution in [1.29, 1.82) is 0 Å². The number of pyridine rings is 1. The Morgan fingerprint density at radius 3 is 2.82 bits per heavy atom. The van der Waals surface area contributed by atoms with Crippen LogP contribution in [0.1, 0.15) is 44.1 Å². The molecule has 0 saturated carbocycles. The van der Waals surface area contributed by atoms with Crippen LogP contribution in [0, 0.1) is 5.92 Å². The molecule has 4 heteroatoms. The molecule has 3 nitrogen and oxygen atoms in total. The third-order valence-electron chi connectivity index (χ3n) is 2.80. The van der Waals surface area contributed by atoms with Gasteiger partial charge in [-0.1, -0.05) is 20.3 Å². The number of nitrogens with one attached hydrogen (secondary N) is 1. The molecule has 1 aromatic rings. The zero-order chi connectivity index (χ0) is 12.8. The van der Waals surface area contributed by atoms with E-state index >= 15 is 0 Å². The van der Waals surface area contributed by atoms with Crippen LogP contribution in [-0.4, -0.2) is 16.9 Å². The summed E-state index contributed by atoms with van der Waals surface area (Å²) >= 11 is 3.33. The smallest absolute Gasteiger partial charge is 0.271 e. The molecule has 1 N–H and O–H groups in total. The van der Waals surface area contributed by atoms with Gasteiger partial charge in [0.25, 0.3) is 5.91 Å². The van der Waals surface area contributed by atoms with Crippen LogP contribution >= 0.6 is 15.9 Å². The van der Waals surface area contributed by atoms with Crippen molar-refractivity contribution in [2.45, 2.75) is 39.7 Å². The van der Waals surface area contributed by atoms with Gasteiger partial charge in [-0.05, 0) is 47.3 Å².